The second-order valence-electron chi connectivity index (χ2n) is 5.66. The number of rotatable bonds is 4. The van der Waals surface area contributed by atoms with Gasteiger partial charge in [-0.05, 0) is 25.1 Å². The Morgan fingerprint density at radius 1 is 1.18 bits per heavy atom. The summed E-state index contributed by atoms with van der Waals surface area (Å²) in [5, 5.41) is 19.1. The zero-order valence-electron chi connectivity index (χ0n) is 12.3. The molecule has 2 N–H and O–H groups in total. The first-order chi connectivity index (χ1) is 10.8. The monoisotopic (exact) mass is 300 g/mol. The number of β-amino-alcohol motifs (C(OH)–C–C–N with tert-alkyl or cyclic N) is 1. The van der Waals surface area contributed by atoms with Crippen molar-refractivity contribution in [3.8, 4) is 11.5 Å². The predicted octanol–water partition coefficient (Wildman–Crippen LogP) is 0.714. The van der Waals surface area contributed by atoms with E-state index in [9.17, 15) is 10.2 Å². The first-order valence-corrected chi connectivity index (χ1v) is 7.50. The Balaban J connectivity index is 1.62. The summed E-state index contributed by atoms with van der Waals surface area (Å²) in [5.74, 6) is 0.613. The van der Waals surface area contributed by atoms with Crippen molar-refractivity contribution in [2.45, 2.75) is 19.1 Å². The summed E-state index contributed by atoms with van der Waals surface area (Å²) in [4.78, 5) is 15.1. The molecule has 2 aromatic rings. The van der Waals surface area contributed by atoms with E-state index in [1.54, 1.807) is 6.20 Å². The van der Waals surface area contributed by atoms with Gasteiger partial charge in [0.05, 0.1) is 6.10 Å². The lowest BCUT2D eigenvalue weighted by Gasteiger charge is -2.34. The first-order valence-electron chi connectivity index (χ1n) is 7.50. The highest BCUT2D eigenvalue weighted by Crippen LogP contribution is 2.19. The van der Waals surface area contributed by atoms with Crippen molar-refractivity contribution in [1.82, 2.24) is 19.9 Å². The van der Waals surface area contributed by atoms with E-state index in [1.165, 1.54) is 0 Å². The summed E-state index contributed by atoms with van der Waals surface area (Å²) in [5.41, 5.74) is 1.77. The molecule has 3 heterocycles. The van der Waals surface area contributed by atoms with E-state index in [0.717, 1.165) is 24.2 Å². The van der Waals surface area contributed by atoms with Gasteiger partial charge in [-0.25, -0.2) is 9.97 Å². The maximum atomic E-state index is 9.97. The molecule has 0 spiro atoms. The molecule has 22 heavy (non-hydrogen) atoms. The number of pyridine rings is 1. The summed E-state index contributed by atoms with van der Waals surface area (Å²) in [7, 11) is 0. The molecule has 0 unspecified atom stereocenters. The molecule has 0 saturated carbocycles. The molecule has 0 amide bonds. The van der Waals surface area contributed by atoms with Crippen LogP contribution in [-0.4, -0.2) is 55.9 Å². The zero-order valence-corrected chi connectivity index (χ0v) is 12.3. The largest absolute Gasteiger partial charge is 0.396 e. The van der Waals surface area contributed by atoms with Crippen LogP contribution in [0.1, 0.15) is 12.0 Å². The van der Waals surface area contributed by atoms with Crippen LogP contribution in [0.4, 0.5) is 0 Å². The third-order valence-electron chi connectivity index (χ3n) is 4.05. The van der Waals surface area contributed by atoms with Crippen LogP contribution in [0.5, 0.6) is 0 Å². The molecular weight excluding hydrogens is 280 g/mol. The summed E-state index contributed by atoms with van der Waals surface area (Å²) in [6.07, 6.45) is 5.68. The van der Waals surface area contributed by atoms with Crippen molar-refractivity contribution in [1.29, 1.82) is 0 Å². The van der Waals surface area contributed by atoms with E-state index in [0.29, 0.717) is 18.9 Å². The van der Waals surface area contributed by atoms with Crippen LogP contribution in [0.2, 0.25) is 0 Å². The molecule has 1 fully saturated rings. The Morgan fingerprint density at radius 3 is 2.64 bits per heavy atom. The molecule has 2 aromatic heterocycles. The second-order valence-corrected chi connectivity index (χ2v) is 5.66. The Labute approximate surface area is 129 Å². The van der Waals surface area contributed by atoms with Gasteiger partial charge in [-0.2, -0.15) is 0 Å². The molecule has 0 bridgehead atoms. The van der Waals surface area contributed by atoms with Gasteiger partial charge in [0.25, 0.3) is 0 Å². The van der Waals surface area contributed by atoms with Crippen LogP contribution in [0.3, 0.4) is 0 Å². The Kier molecular flexibility index (Phi) is 4.72. The fourth-order valence-electron chi connectivity index (χ4n) is 2.72. The number of hydrogen-bond donors (Lipinski definition) is 2. The van der Waals surface area contributed by atoms with E-state index < -0.39 is 6.10 Å². The van der Waals surface area contributed by atoms with E-state index in [4.69, 9.17) is 0 Å². The maximum Gasteiger partial charge on any atom is 0.178 e. The van der Waals surface area contributed by atoms with Gasteiger partial charge < -0.3 is 10.2 Å². The number of aliphatic hydroxyl groups is 2. The average Bonchev–Trinajstić information content (AvgIpc) is 2.57. The fourth-order valence-corrected chi connectivity index (χ4v) is 2.72. The summed E-state index contributed by atoms with van der Waals surface area (Å²) >= 11 is 0. The Hall–Kier alpha value is -1.89. The molecule has 0 radical (unpaired) electrons. The van der Waals surface area contributed by atoms with E-state index in [-0.39, 0.29) is 12.5 Å². The number of piperidine rings is 1. The van der Waals surface area contributed by atoms with Gasteiger partial charge in [0.1, 0.15) is 5.69 Å². The van der Waals surface area contributed by atoms with Gasteiger partial charge >= 0.3 is 0 Å². The summed E-state index contributed by atoms with van der Waals surface area (Å²) in [6.45, 7) is 2.20. The number of aliphatic hydroxyl groups excluding tert-OH is 2. The minimum Gasteiger partial charge on any atom is -0.396 e. The molecule has 1 aliphatic heterocycles. The van der Waals surface area contributed by atoms with Gasteiger partial charge in [-0.1, -0.05) is 6.07 Å². The summed E-state index contributed by atoms with van der Waals surface area (Å²) < 4.78 is 0. The van der Waals surface area contributed by atoms with Gasteiger partial charge in [0, 0.05) is 49.8 Å². The van der Waals surface area contributed by atoms with Crippen molar-refractivity contribution in [2.75, 3.05) is 19.7 Å². The van der Waals surface area contributed by atoms with Crippen molar-refractivity contribution in [3.63, 3.8) is 0 Å². The van der Waals surface area contributed by atoms with Crippen molar-refractivity contribution >= 4 is 0 Å². The Bertz CT molecular complexity index is 591. The number of hydrogen-bond acceptors (Lipinski definition) is 6. The molecule has 1 saturated heterocycles. The number of aromatic nitrogens is 3. The molecule has 0 aliphatic carbocycles. The summed E-state index contributed by atoms with van der Waals surface area (Å²) in [6, 6.07) is 5.65. The van der Waals surface area contributed by atoms with Gasteiger partial charge in [-0.3, -0.25) is 9.88 Å². The highest BCUT2D eigenvalue weighted by Gasteiger charge is 2.26. The van der Waals surface area contributed by atoms with Crippen molar-refractivity contribution in [2.24, 2.45) is 5.92 Å². The average molecular weight is 300 g/mol. The Morgan fingerprint density at radius 2 is 2.00 bits per heavy atom. The quantitative estimate of drug-likeness (QED) is 0.865. The molecule has 2 atom stereocenters. The van der Waals surface area contributed by atoms with Crippen LogP contribution in [0, 0.1) is 5.92 Å². The molecule has 3 rings (SSSR count). The predicted molar refractivity (Wildman–Crippen MR) is 81.7 cm³/mol. The van der Waals surface area contributed by atoms with Crippen LogP contribution >= 0.6 is 0 Å². The van der Waals surface area contributed by atoms with Crippen LogP contribution in [0.15, 0.2) is 36.8 Å². The minimum atomic E-state index is -0.465. The molecular formula is C16H20N4O2. The van der Waals surface area contributed by atoms with Crippen LogP contribution < -0.4 is 0 Å². The van der Waals surface area contributed by atoms with E-state index >= 15 is 0 Å². The molecule has 6 heteroatoms. The third-order valence-corrected chi connectivity index (χ3v) is 4.05. The maximum absolute atomic E-state index is 9.97. The molecule has 0 aromatic carbocycles. The third kappa shape index (κ3) is 3.47. The number of nitrogens with zero attached hydrogens (tertiary/aromatic N) is 4. The van der Waals surface area contributed by atoms with Crippen molar-refractivity contribution in [3.05, 3.63) is 42.4 Å². The zero-order chi connectivity index (χ0) is 15.4. The lowest BCUT2D eigenvalue weighted by Crippen LogP contribution is -2.44. The SMILES string of the molecule is OC[C@H]1CCN(Cc2cnc(-c3ccccn3)nc2)C[C@H]1O. The van der Waals surface area contributed by atoms with Crippen LogP contribution in [0.25, 0.3) is 11.5 Å². The lowest BCUT2D eigenvalue weighted by molar-refractivity contribution is -0.00449. The van der Waals surface area contributed by atoms with Gasteiger partial charge in [-0.15, -0.1) is 0 Å². The van der Waals surface area contributed by atoms with Crippen LogP contribution in [-0.2, 0) is 6.54 Å². The highest BCUT2D eigenvalue weighted by molar-refractivity contribution is 5.47. The molecule has 6 nitrogen and oxygen atoms in total. The first kappa shape index (κ1) is 15.0. The molecule has 1 aliphatic rings. The fraction of sp³-hybridized carbons (Fsp3) is 0.438. The normalized spacial score (nSPS) is 22.6. The van der Waals surface area contributed by atoms with Gasteiger partial charge in [0.15, 0.2) is 5.82 Å². The van der Waals surface area contributed by atoms with Gasteiger partial charge in [0.2, 0.25) is 0 Å². The standard InChI is InChI=1S/C16H20N4O2/c21-11-13-4-6-20(10-15(13)22)9-12-7-18-16(19-8-12)14-3-1-2-5-17-14/h1-3,5,7-8,13,15,21-22H,4,6,9-11H2/t13-,15-/m1/s1. The van der Waals surface area contributed by atoms with Crippen molar-refractivity contribution < 1.29 is 10.2 Å². The lowest BCUT2D eigenvalue weighted by atomic mass is 9.94. The van der Waals surface area contributed by atoms with E-state index in [2.05, 4.69) is 19.9 Å². The second kappa shape index (κ2) is 6.91. The number of likely N-dealkylation sites (tertiary alicyclic amines) is 1. The topological polar surface area (TPSA) is 82.4 Å². The smallest absolute Gasteiger partial charge is 0.178 e. The minimum absolute atomic E-state index is 0.000897. The molecule has 116 valence electrons. The highest BCUT2D eigenvalue weighted by atomic mass is 16.3. The van der Waals surface area contributed by atoms with E-state index in [1.807, 2.05) is 30.6 Å².